The first-order valence-electron chi connectivity index (χ1n) is 10.6. The molecule has 1 N–H and O–H groups in total. The van der Waals surface area contributed by atoms with Crippen LogP contribution in [0.15, 0.2) is 30.3 Å². The molecule has 0 spiro atoms. The smallest absolute Gasteiger partial charge is 0.0864 e. The van der Waals surface area contributed by atoms with Gasteiger partial charge in [-0.1, -0.05) is 42.3 Å². The fourth-order valence-electron chi connectivity index (χ4n) is 4.81. The van der Waals surface area contributed by atoms with E-state index in [1.165, 1.54) is 37.7 Å². The van der Waals surface area contributed by atoms with Gasteiger partial charge in [0.05, 0.1) is 25.4 Å². The quantitative estimate of drug-likeness (QED) is 0.718. The summed E-state index contributed by atoms with van der Waals surface area (Å²) in [5.74, 6) is 1.47. The van der Waals surface area contributed by atoms with Gasteiger partial charge in [-0.05, 0) is 55.8 Å². The minimum atomic E-state index is 0.304. The molecule has 2 saturated heterocycles. The van der Waals surface area contributed by atoms with Gasteiger partial charge in [0.25, 0.3) is 0 Å². The molecule has 5 heteroatoms. The van der Waals surface area contributed by atoms with E-state index in [-0.39, 0.29) is 0 Å². The van der Waals surface area contributed by atoms with E-state index in [0.29, 0.717) is 18.2 Å². The Hall–Kier alpha value is -0.590. The van der Waals surface area contributed by atoms with Crippen molar-refractivity contribution < 1.29 is 9.47 Å². The molecule has 1 aromatic rings. The van der Waals surface area contributed by atoms with Gasteiger partial charge in [0.15, 0.2) is 0 Å². The zero-order valence-electron chi connectivity index (χ0n) is 16.5. The van der Waals surface area contributed by atoms with Crippen LogP contribution in [0.1, 0.15) is 43.6 Å². The van der Waals surface area contributed by atoms with E-state index in [4.69, 9.17) is 9.47 Å². The Balaban J connectivity index is 1.25. The lowest BCUT2D eigenvalue weighted by Crippen LogP contribution is -2.59. The van der Waals surface area contributed by atoms with E-state index in [1.807, 2.05) is 0 Å². The van der Waals surface area contributed by atoms with Crippen LogP contribution in [0.2, 0.25) is 0 Å². The first kappa shape index (κ1) is 19.7. The first-order chi connectivity index (χ1) is 13.3. The van der Waals surface area contributed by atoms with Crippen molar-refractivity contribution in [1.82, 2.24) is 9.62 Å². The highest BCUT2D eigenvalue weighted by Crippen LogP contribution is 2.36. The summed E-state index contributed by atoms with van der Waals surface area (Å²) in [7, 11) is 0. The van der Waals surface area contributed by atoms with Crippen molar-refractivity contribution >= 4 is 11.9 Å². The first-order valence-corrected chi connectivity index (χ1v) is 11.8. The molecule has 3 aliphatic rings. The van der Waals surface area contributed by atoms with Crippen LogP contribution in [-0.4, -0.2) is 62.3 Å². The van der Waals surface area contributed by atoms with Crippen LogP contribution in [0.4, 0.5) is 0 Å². The van der Waals surface area contributed by atoms with Crippen LogP contribution in [0, 0.1) is 5.92 Å². The van der Waals surface area contributed by atoms with E-state index in [9.17, 15) is 0 Å². The predicted octanol–water partition coefficient (Wildman–Crippen LogP) is 3.69. The van der Waals surface area contributed by atoms with E-state index in [1.54, 1.807) is 11.9 Å². The van der Waals surface area contributed by atoms with Crippen molar-refractivity contribution in [3.8, 4) is 0 Å². The number of ether oxygens (including phenoxy) is 2. The van der Waals surface area contributed by atoms with Gasteiger partial charge >= 0.3 is 0 Å². The van der Waals surface area contributed by atoms with Crippen LogP contribution >= 0.6 is 11.9 Å². The normalized spacial score (nSPS) is 32.9. The summed E-state index contributed by atoms with van der Waals surface area (Å²) in [4.78, 5) is 2.58. The molecule has 2 aliphatic heterocycles. The van der Waals surface area contributed by atoms with Crippen LogP contribution < -0.4 is 4.72 Å². The van der Waals surface area contributed by atoms with Crippen molar-refractivity contribution in [2.45, 2.75) is 56.2 Å². The maximum absolute atomic E-state index is 6.52. The predicted molar refractivity (Wildman–Crippen MR) is 112 cm³/mol. The topological polar surface area (TPSA) is 33.7 Å². The number of benzene rings is 1. The summed E-state index contributed by atoms with van der Waals surface area (Å²) in [6.07, 6.45) is 8.80. The highest BCUT2D eigenvalue weighted by molar-refractivity contribution is 7.96. The number of nitrogens with zero attached hydrogens (tertiary/aromatic N) is 1. The van der Waals surface area contributed by atoms with Crippen molar-refractivity contribution in [3.05, 3.63) is 35.9 Å². The molecule has 1 aromatic carbocycles. The average molecular weight is 391 g/mol. The average Bonchev–Trinajstić information content (AvgIpc) is 2.68. The second kappa shape index (κ2) is 9.75. The zero-order valence-corrected chi connectivity index (χ0v) is 17.3. The Bertz CT molecular complexity index is 561. The third kappa shape index (κ3) is 5.07. The van der Waals surface area contributed by atoms with Crippen LogP contribution in [0.5, 0.6) is 0 Å². The highest BCUT2D eigenvalue weighted by atomic mass is 32.2. The van der Waals surface area contributed by atoms with Crippen LogP contribution in [-0.2, 0) is 9.47 Å². The summed E-state index contributed by atoms with van der Waals surface area (Å²) in [5, 5.41) is 0. The third-order valence-corrected chi connectivity index (χ3v) is 7.20. The summed E-state index contributed by atoms with van der Waals surface area (Å²) in [6, 6.07) is 12.1. The molecule has 0 aromatic heterocycles. The number of likely N-dealkylation sites (tertiary alicyclic amines) is 1. The third-order valence-electron chi connectivity index (χ3n) is 6.66. The van der Waals surface area contributed by atoms with Gasteiger partial charge < -0.3 is 9.47 Å². The Morgan fingerprint density at radius 2 is 1.89 bits per heavy atom. The summed E-state index contributed by atoms with van der Waals surface area (Å²) in [6.45, 7) is 4.93. The van der Waals surface area contributed by atoms with Crippen LogP contribution in [0.25, 0.3) is 0 Å². The molecule has 1 aliphatic carbocycles. The van der Waals surface area contributed by atoms with Crippen molar-refractivity contribution in [2.75, 3.05) is 39.2 Å². The largest absolute Gasteiger partial charge is 0.378 e. The summed E-state index contributed by atoms with van der Waals surface area (Å²) >= 11 is 1.73. The van der Waals surface area contributed by atoms with Crippen LogP contribution in [0.3, 0.4) is 0 Å². The molecule has 3 fully saturated rings. The lowest BCUT2D eigenvalue weighted by Gasteiger charge is -2.45. The lowest BCUT2D eigenvalue weighted by atomic mass is 9.79. The minimum absolute atomic E-state index is 0.304. The van der Waals surface area contributed by atoms with Crippen molar-refractivity contribution in [2.24, 2.45) is 5.92 Å². The molecule has 150 valence electrons. The standard InChI is InChI=1S/C22H34N2O2S/c1-27-23-21-11-12-24(20-15-25-16-20)13-22(21)26-14-17-7-9-19(10-8-17)18-5-3-2-4-6-18/h2-6,17,19-23H,7-16H2,1H3. The maximum Gasteiger partial charge on any atom is 0.0864 e. The number of nitrogens with one attached hydrogen (secondary N) is 1. The Morgan fingerprint density at radius 3 is 2.56 bits per heavy atom. The van der Waals surface area contributed by atoms with Gasteiger partial charge in [-0.25, -0.2) is 0 Å². The molecule has 4 rings (SSSR count). The fraction of sp³-hybridized carbons (Fsp3) is 0.727. The van der Waals surface area contributed by atoms with Crippen molar-refractivity contribution in [3.63, 3.8) is 0 Å². The number of hydrogen-bond acceptors (Lipinski definition) is 5. The molecular formula is C22H34N2O2S. The number of rotatable bonds is 7. The minimum Gasteiger partial charge on any atom is -0.378 e. The maximum atomic E-state index is 6.52. The number of hydrogen-bond donors (Lipinski definition) is 1. The van der Waals surface area contributed by atoms with Crippen molar-refractivity contribution in [1.29, 1.82) is 0 Å². The SMILES string of the molecule is CSNC1CCN(C2COC2)CC1OCC1CCC(c2ccccc2)CC1. The molecule has 2 atom stereocenters. The molecule has 0 amide bonds. The van der Waals surface area contributed by atoms with Gasteiger partial charge in [0, 0.05) is 25.7 Å². The number of piperidine rings is 1. The Morgan fingerprint density at radius 1 is 1.11 bits per heavy atom. The molecule has 2 unspecified atom stereocenters. The lowest BCUT2D eigenvalue weighted by molar-refractivity contribution is -0.104. The van der Waals surface area contributed by atoms with Gasteiger partial charge in [0.1, 0.15) is 0 Å². The second-order valence-corrected chi connectivity index (χ2v) is 9.05. The highest BCUT2D eigenvalue weighted by Gasteiger charge is 2.36. The van der Waals surface area contributed by atoms with Gasteiger partial charge in [0.2, 0.25) is 0 Å². The molecule has 2 heterocycles. The Kier molecular flexibility index (Phi) is 7.12. The second-order valence-electron chi connectivity index (χ2n) is 8.40. The summed E-state index contributed by atoms with van der Waals surface area (Å²) < 4.78 is 15.5. The van der Waals surface area contributed by atoms with E-state index >= 15 is 0 Å². The monoisotopic (exact) mass is 390 g/mol. The molecule has 27 heavy (non-hydrogen) atoms. The molecule has 4 nitrogen and oxygen atoms in total. The van der Waals surface area contributed by atoms with E-state index in [0.717, 1.165) is 44.7 Å². The zero-order chi connectivity index (χ0) is 18.5. The van der Waals surface area contributed by atoms with Gasteiger partial charge in [-0.2, -0.15) is 0 Å². The Labute approximate surface area is 168 Å². The molecular weight excluding hydrogens is 356 g/mol. The van der Waals surface area contributed by atoms with Gasteiger partial charge in [-0.3, -0.25) is 9.62 Å². The van der Waals surface area contributed by atoms with E-state index < -0.39 is 0 Å². The fourth-order valence-corrected chi connectivity index (χ4v) is 5.38. The van der Waals surface area contributed by atoms with Gasteiger partial charge in [-0.15, -0.1) is 0 Å². The van der Waals surface area contributed by atoms with E-state index in [2.05, 4.69) is 46.2 Å². The molecule has 1 saturated carbocycles. The molecule has 0 bridgehead atoms. The summed E-state index contributed by atoms with van der Waals surface area (Å²) in [5.41, 5.74) is 1.52. The molecule has 0 radical (unpaired) electrons.